The number of amides is 1. The highest BCUT2D eigenvalue weighted by atomic mass is 35.5. The van der Waals surface area contributed by atoms with Crippen LogP contribution in [0.25, 0.3) is 5.76 Å². The van der Waals surface area contributed by atoms with E-state index in [1.807, 2.05) is 0 Å². The number of nitrogens with zero attached hydrogens (tertiary/aromatic N) is 2. The Morgan fingerprint density at radius 2 is 1.76 bits per heavy atom. The van der Waals surface area contributed by atoms with E-state index < -0.39 is 23.5 Å². The quantitative estimate of drug-likeness (QED) is 0.310. The summed E-state index contributed by atoms with van der Waals surface area (Å²) >= 11 is 12.3. The topological polar surface area (TPSA) is 89.0 Å². The van der Waals surface area contributed by atoms with Gasteiger partial charge in [0.05, 0.1) is 36.1 Å². The van der Waals surface area contributed by atoms with E-state index in [9.17, 15) is 14.7 Å². The van der Waals surface area contributed by atoms with Gasteiger partial charge in [0.25, 0.3) is 11.7 Å². The summed E-state index contributed by atoms with van der Waals surface area (Å²) in [6, 6.07) is 13.5. The Balaban J connectivity index is 1.99. The van der Waals surface area contributed by atoms with Gasteiger partial charge >= 0.3 is 0 Å². The molecular weight excluding hydrogens is 467 g/mol. The summed E-state index contributed by atoms with van der Waals surface area (Å²) in [6.07, 6.45) is 1.54. The summed E-state index contributed by atoms with van der Waals surface area (Å²) in [7, 11) is 2.82. The minimum Gasteiger partial charge on any atom is -0.507 e. The maximum Gasteiger partial charge on any atom is 0.300 e. The Kier molecular flexibility index (Phi) is 6.26. The predicted molar refractivity (Wildman–Crippen MR) is 125 cm³/mol. The molecule has 1 aliphatic heterocycles. The van der Waals surface area contributed by atoms with Crippen molar-refractivity contribution in [2.45, 2.75) is 6.04 Å². The first-order valence-electron chi connectivity index (χ1n) is 9.76. The molecule has 2 aromatic carbocycles. The molecule has 2 heterocycles. The number of Topliss-reactive ketones (excluding diaryl/α,β-unsaturated/α-hetero) is 1. The van der Waals surface area contributed by atoms with Gasteiger partial charge in [0, 0.05) is 23.0 Å². The molecule has 0 aliphatic carbocycles. The van der Waals surface area contributed by atoms with Crippen molar-refractivity contribution >= 4 is 46.3 Å². The van der Waals surface area contributed by atoms with Crippen LogP contribution in [0.3, 0.4) is 0 Å². The Labute approximate surface area is 199 Å². The fourth-order valence-corrected chi connectivity index (χ4v) is 4.15. The van der Waals surface area contributed by atoms with Crippen LogP contribution < -0.4 is 14.4 Å². The molecule has 0 radical (unpaired) electrons. The van der Waals surface area contributed by atoms with Crippen molar-refractivity contribution in [1.82, 2.24) is 4.98 Å². The number of aliphatic hydroxyl groups excluding tert-OH is 1. The zero-order chi connectivity index (χ0) is 23.7. The number of aliphatic hydroxyl groups is 1. The average molecular weight is 485 g/mol. The highest BCUT2D eigenvalue weighted by Gasteiger charge is 2.48. The lowest BCUT2D eigenvalue weighted by Crippen LogP contribution is -2.29. The molecule has 0 saturated carbocycles. The number of hydrogen-bond acceptors (Lipinski definition) is 6. The second-order valence-electron chi connectivity index (χ2n) is 7.09. The zero-order valence-electron chi connectivity index (χ0n) is 17.6. The van der Waals surface area contributed by atoms with Gasteiger partial charge in [-0.3, -0.25) is 19.5 Å². The Bertz CT molecular complexity index is 1280. The van der Waals surface area contributed by atoms with Crippen LogP contribution in [-0.4, -0.2) is 36.0 Å². The number of methoxy groups -OCH3 is 2. The molecular formula is C24H18Cl2N2O5. The summed E-state index contributed by atoms with van der Waals surface area (Å²) < 4.78 is 10.6. The molecule has 1 unspecified atom stereocenters. The summed E-state index contributed by atoms with van der Waals surface area (Å²) in [5.74, 6) is -1.68. The summed E-state index contributed by atoms with van der Waals surface area (Å²) in [6.45, 7) is 0. The lowest BCUT2D eigenvalue weighted by molar-refractivity contribution is -0.132. The first-order chi connectivity index (χ1) is 15.9. The van der Waals surface area contributed by atoms with Gasteiger partial charge in [-0.25, -0.2) is 0 Å². The van der Waals surface area contributed by atoms with Crippen molar-refractivity contribution in [3.8, 4) is 11.5 Å². The van der Waals surface area contributed by atoms with Gasteiger partial charge in [-0.1, -0.05) is 35.3 Å². The second-order valence-corrected chi connectivity index (χ2v) is 7.93. The molecule has 1 aromatic heterocycles. The lowest BCUT2D eigenvalue weighted by Gasteiger charge is -2.25. The third-order valence-corrected chi connectivity index (χ3v) is 5.76. The van der Waals surface area contributed by atoms with Gasteiger partial charge in [-0.05, 0) is 36.4 Å². The van der Waals surface area contributed by atoms with E-state index in [1.54, 1.807) is 48.7 Å². The summed E-state index contributed by atoms with van der Waals surface area (Å²) in [4.78, 5) is 32.0. The van der Waals surface area contributed by atoms with E-state index in [-0.39, 0.29) is 27.7 Å². The molecule has 0 bridgehead atoms. The number of pyridine rings is 1. The van der Waals surface area contributed by atoms with Gasteiger partial charge in [0.2, 0.25) is 0 Å². The third kappa shape index (κ3) is 4.01. The number of rotatable bonds is 5. The minimum atomic E-state index is -1.00. The zero-order valence-corrected chi connectivity index (χ0v) is 19.1. The SMILES string of the molecule is COc1cc(/C(O)=C2\C(=O)C(=O)N(c3cccc(Cl)c3)C2c2ccccn2)c(OC)cc1Cl. The van der Waals surface area contributed by atoms with Crippen molar-refractivity contribution < 1.29 is 24.2 Å². The van der Waals surface area contributed by atoms with Crippen LogP contribution in [0.2, 0.25) is 10.0 Å². The number of ether oxygens (including phenoxy) is 2. The molecule has 9 heteroatoms. The van der Waals surface area contributed by atoms with Crippen LogP contribution in [0.5, 0.6) is 11.5 Å². The van der Waals surface area contributed by atoms with Gasteiger partial charge in [-0.2, -0.15) is 0 Å². The number of halogens is 2. The van der Waals surface area contributed by atoms with Crippen molar-refractivity contribution in [3.05, 3.63) is 87.7 Å². The molecule has 0 spiro atoms. The van der Waals surface area contributed by atoms with E-state index in [4.69, 9.17) is 32.7 Å². The molecule has 33 heavy (non-hydrogen) atoms. The minimum absolute atomic E-state index is 0.142. The molecule has 1 aliphatic rings. The number of aromatic nitrogens is 1. The van der Waals surface area contributed by atoms with E-state index in [0.29, 0.717) is 16.4 Å². The maximum atomic E-state index is 13.2. The van der Waals surface area contributed by atoms with E-state index in [1.165, 1.54) is 31.3 Å². The van der Waals surface area contributed by atoms with Gasteiger partial charge < -0.3 is 14.6 Å². The molecule has 7 nitrogen and oxygen atoms in total. The molecule has 4 rings (SSSR count). The standard InChI is InChI=1S/C24H18Cl2N2O5/c1-32-18-12-16(26)19(33-2)11-15(18)22(29)20-21(17-8-3-4-9-27-17)28(24(31)23(20)30)14-7-5-6-13(25)10-14/h3-12,21,29H,1-2H3/b22-20+. The summed E-state index contributed by atoms with van der Waals surface area (Å²) in [5.41, 5.74) is 0.767. The maximum absolute atomic E-state index is 13.2. The number of carbonyl (C=O) groups excluding carboxylic acids is 2. The monoisotopic (exact) mass is 484 g/mol. The van der Waals surface area contributed by atoms with Crippen LogP contribution in [0.4, 0.5) is 5.69 Å². The van der Waals surface area contributed by atoms with Crippen LogP contribution in [0, 0.1) is 0 Å². The molecule has 1 amide bonds. The first kappa shape index (κ1) is 22.6. The second kappa shape index (κ2) is 9.13. The van der Waals surface area contributed by atoms with Crippen LogP contribution in [0.1, 0.15) is 17.3 Å². The van der Waals surface area contributed by atoms with Crippen molar-refractivity contribution in [3.63, 3.8) is 0 Å². The van der Waals surface area contributed by atoms with Crippen LogP contribution in [0.15, 0.2) is 66.4 Å². The number of carbonyl (C=O) groups is 2. The van der Waals surface area contributed by atoms with Gasteiger partial charge in [-0.15, -0.1) is 0 Å². The lowest BCUT2D eigenvalue weighted by atomic mass is 9.97. The molecule has 3 aromatic rings. The number of hydrogen-bond donors (Lipinski definition) is 1. The highest BCUT2D eigenvalue weighted by molar-refractivity contribution is 6.51. The van der Waals surface area contributed by atoms with Crippen LogP contribution >= 0.6 is 23.2 Å². The predicted octanol–water partition coefficient (Wildman–Crippen LogP) is 5.03. The number of anilines is 1. The highest BCUT2D eigenvalue weighted by Crippen LogP contribution is 2.44. The van der Waals surface area contributed by atoms with Crippen molar-refractivity contribution in [2.24, 2.45) is 0 Å². The molecule has 1 saturated heterocycles. The summed E-state index contributed by atoms with van der Waals surface area (Å²) in [5, 5.41) is 12.0. The van der Waals surface area contributed by atoms with E-state index >= 15 is 0 Å². The average Bonchev–Trinajstić information content (AvgIpc) is 3.09. The molecule has 1 fully saturated rings. The molecule has 1 atom stereocenters. The smallest absolute Gasteiger partial charge is 0.300 e. The van der Waals surface area contributed by atoms with Crippen molar-refractivity contribution in [1.29, 1.82) is 0 Å². The normalized spacial score (nSPS) is 17.3. The first-order valence-corrected chi connectivity index (χ1v) is 10.5. The number of ketones is 1. The van der Waals surface area contributed by atoms with E-state index in [2.05, 4.69) is 4.98 Å². The Hall–Kier alpha value is -3.55. The Morgan fingerprint density at radius 3 is 2.39 bits per heavy atom. The fraction of sp³-hybridized carbons (Fsp3) is 0.125. The van der Waals surface area contributed by atoms with Gasteiger partial charge in [0.1, 0.15) is 23.3 Å². The van der Waals surface area contributed by atoms with Gasteiger partial charge in [0.15, 0.2) is 0 Å². The van der Waals surface area contributed by atoms with Crippen LogP contribution in [-0.2, 0) is 9.59 Å². The third-order valence-electron chi connectivity index (χ3n) is 5.23. The largest absolute Gasteiger partial charge is 0.507 e. The number of benzene rings is 2. The fourth-order valence-electron chi connectivity index (χ4n) is 3.73. The molecule has 168 valence electrons. The molecule has 1 N–H and O–H groups in total. The Morgan fingerprint density at radius 1 is 1.00 bits per heavy atom. The van der Waals surface area contributed by atoms with E-state index in [0.717, 1.165) is 0 Å². The van der Waals surface area contributed by atoms with Crippen molar-refractivity contribution in [2.75, 3.05) is 19.1 Å².